The van der Waals surface area contributed by atoms with Crippen molar-refractivity contribution in [3.8, 4) is 5.75 Å². The number of rotatable bonds is 3. The van der Waals surface area contributed by atoms with E-state index < -0.39 is 0 Å². The minimum atomic E-state index is 0.0284. The highest BCUT2D eigenvalue weighted by Gasteiger charge is 2.30. The zero-order valence-electron chi connectivity index (χ0n) is 14.9. The van der Waals surface area contributed by atoms with Crippen molar-refractivity contribution in [1.29, 1.82) is 0 Å². The molecule has 2 heterocycles. The number of halogens is 1. The number of hydrogen-bond donors (Lipinski definition) is 1. The van der Waals surface area contributed by atoms with E-state index in [2.05, 4.69) is 45.2 Å². The molecule has 0 fully saturated rings. The van der Waals surface area contributed by atoms with E-state index in [0.29, 0.717) is 5.11 Å². The van der Waals surface area contributed by atoms with Crippen LogP contribution in [-0.2, 0) is 6.54 Å². The van der Waals surface area contributed by atoms with Gasteiger partial charge in [-0.05, 0) is 54.2 Å². The largest absolute Gasteiger partial charge is 0.495 e. The fourth-order valence-electron chi connectivity index (χ4n) is 3.53. The fourth-order valence-corrected chi connectivity index (χ4v) is 3.97. The summed E-state index contributed by atoms with van der Waals surface area (Å²) in [4.78, 5) is 2.22. The van der Waals surface area contributed by atoms with Crippen LogP contribution in [0.5, 0.6) is 5.75 Å². The number of nitrogens with one attached hydrogen (secondary N) is 1. The van der Waals surface area contributed by atoms with Crippen LogP contribution in [0, 0.1) is 0 Å². The minimum absolute atomic E-state index is 0.0284. The van der Waals surface area contributed by atoms with Crippen LogP contribution in [0.15, 0.2) is 66.9 Å². The number of thiocarbonyl (C=S) groups is 1. The Kier molecular flexibility index (Phi) is 5.05. The lowest BCUT2D eigenvalue weighted by Crippen LogP contribution is -2.44. The quantitative estimate of drug-likeness (QED) is 0.633. The molecule has 1 aliphatic heterocycles. The number of aromatic nitrogens is 1. The van der Waals surface area contributed by atoms with Gasteiger partial charge in [-0.1, -0.05) is 35.9 Å². The zero-order valence-corrected chi connectivity index (χ0v) is 16.5. The highest BCUT2D eigenvalue weighted by atomic mass is 35.5. The molecule has 0 spiro atoms. The predicted molar refractivity (Wildman–Crippen MR) is 114 cm³/mol. The van der Waals surface area contributed by atoms with Gasteiger partial charge in [-0.3, -0.25) is 0 Å². The van der Waals surface area contributed by atoms with Crippen LogP contribution in [0.4, 0.5) is 5.69 Å². The monoisotopic (exact) mass is 397 g/mol. The summed E-state index contributed by atoms with van der Waals surface area (Å²) >= 11 is 11.9. The maximum Gasteiger partial charge on any atom is 0.174 e. The van der Waals surface area contributed by atoms with E-state index in [9.17, 15) is 0 Å². The van der Waals surface area contributed by atoms with Gasteiger partial charge < -0.3 is 19.5 Å². The van der Waals surface area contributed by atoms with Crippen molar-refractivity contribution in [2.24, 2.45) is 0 Å². The number of benzene rings is 2. The van der Waals surface area contributed by atoms with Crippen LogP contribution < -0.4 is 10.1 Å². The molecule has 0 bridgehead atoms. The summed E-state index contributed by atoms with van der Waals surface area (Å²) in [5.41, 5.74) is 3.23. The third-order valence-corrected chi connectivity index (χ3v) is 5.42. The van der Waals surface area contributed by atoms with Crippen molar-refractivity contribution in [2.75, 3.05) is 19.0 Å². The summed E-state index contributed by atoms with van der Waals surface area (Å²) in [7, 11) is 1.66. The first kappa shape index (κ1) is 17.9. The van der Waals surface area contributed by atoms with Crippen molar-refractivity contribution < 1.29 is 4.74 Å². The number of anilines is 1. The molecule has 0 radical (unpaired) electrons. The number of methoxy groups -OCH3 is 1. The zero-order chi connectivity index (χ0) is 18.8. The second kappa shape index (κ2) is 7.62. The number of para-hydroxylation sites is 2. The van der Waals surface area contributed by atoms with Crippen LogP contribution in [0.3, 0.4) is 0 Å². The molecule has 2 aromatic carbocycles. The highest BCUT2D eigenvalue weighted by molar-refractivity contribution is 7.80. The molecule has 1 aromatic heterocycles. The van der Waals surface area contributed by atoms with Crippen LogP contribution in [0.2, 0.25) is 5.02 Å². The van der Waals surface area contributed by atoms with Crippen molar-refractivity contribution >= 4 is 34.6 Å². The molecule has 6 heteroatoms. The molecular weight excluding hydrogens is 378 g/mol. The van der Waals surface area contributed by atoms with E-state index >= 15 is 0 Å². The van der Waals surface area contributed by atoms with Crippen LogP contribution >= 0.6 is 23.8 Å². The van der Waals surface area contributed by atoms with Gasteiger partial charge >= 0.3 is 0 Å². The lowest BCUT2D eigenvalue weighted by Gasteiger charge is -2.39. The minimum Gasteiger partial charge on any atom is -0.495 e. The third-order valence-electron chi connectivity index (χ3n) is 4.83. The number of hydrogen-bond acceptors (Lipinski definition) is 2. The molecule has 0 unspecified atom stereocenters. The van der Waals surface area contributed by atoms with Crippen molar-refractivity contribution in [1.82, 2.24) is 9.47 Å². The van der Waals surface area contributed by atoms with Gasteiger partial charge in [-0.15, -0.1) is 0 Å². The smallest absolute Gasteiger partial charge is 0.174 e. The molecule has 4 nitrogen and oxygen atoms in total. The predicted octanol–water partition coefficient (Wildman–Crippen LogP) is 4.95. The SMILES string of the molecule is COc1ccccc1NC(=S)N1CCn2cccc2[C@@H]1c1ccc(Cl)cc1. The molecule has 0 saturated heterocycles. The van der Waals surface area contributed by atoms with E-state index in [0.717, 1.165) is 35.1 Å². The second-order valence-electron chi connectivity index (χ2n) is 6.40. The molecule has 3 aromatic rings. The van der Waals surface area contributed by atoms with Crippen molar-refractivity contribution in [2.45, 2.75) is 12.6 Å². The lowest BCUT2D eigenvalue weighted by atomic mass is 10.0. The Morgan fingerprint density at radius 2 is 1.85 bits per heavy atom. The van der Waals surface area contributed by atoms with E-state index in [-0.39, 0.29) is 6.04 Å². The first-order valence-electron chi connectivity index (χ1n) is 8.78. The Balaban J connectivity index is 1.68. The molecule has 138 valence electrons. The molecule has 0 saturated carbocycles. The average molecular weight is 398 g/mol. The molecule has 27 heavy (non-hydrogen) atoms. The first-order valence-corrected chi connectivity index (χ1v) is 9.57. The van der Waals surface area contributed by atoms with E-state index in [1.54, 1.807) is 7.11 Å². The molecule has 4 rings (SSSR count). The summed E-state index contributed by atoms with van der Waals surface area (Å²) in [5.74, 6) is 0.767. The van der Waals surface area contributed by atoms with Gasteiger partial charge in [0.1, 0.15) is 5.75 Å². The molecule has 1 aliphatic rings. The van der Waals surface area contributed by atoms with Crippen LogP contribution in [0.25, 0.3) is 0 Å². The molecule has 0 aliphatic carbocycles. The summed E-state index contributed by atoms with van der Waals surface area (Å²) in [5, 5.41) is 4.76. The third kappa shape index (κ3) is 3.53. The summed E-state index contributed by atoms with van der Waals surface area (Å²) in [6.45, 7) is 1.70. The van der Waals surface area contributed by atoms with Crippen LogP contribution in [0.1, 0.15) is 17.3 Å². The fraction of sp³-hybridized carbons (Fsp3) is 0.190. The first-order chi connectivity index (χ1) is 13.2. The molecule has 0 amide bonds. The summed E-state index contributed by atoms with van der Waals surface area (Å²) in [6.07, 6.45) is 2.12. The molecular formula is C21H20ClN3OS. The Bertz CT molecular complexity index is 954. The highest BCUT2D eigenvalue weighted by Crippen LogP contribution is 2.34. The lowest BCUT2D eigenvalue weighted by molar-refractivity contribution is 0.293. The van der Waals surface area contributed by atoms with Crippen LogP contribution in [-0.4, -0.2) is 28.2 Å². The Morgan fingerprint density at radius 3 is 2.63 bits per heavy atom. The number of fused-ring (bicyclic) bond motifs is 1. The van der Waals surface area contributed by atoms with Gasteiger partial charge in [0, 0.05) is 30.0 Å². The Hall–Kier alpha value is -2.50. The normalized spacial score (nSPS) is 15.9. The average Bonchev–Trinajstić information content (AvgIpc) is 3.17. The molecule has 1 atom stereocenters. The van der Waals surface area contributed by atoms with E-state index in [1.807, 2.05) is 36.4 Å². The van der Waals surface area contributed by atoms with E-state index in [1.165, 1.54) is 5.69 Å². The van der Waals surface area contributed by atoms with Gasteiger partial charge in [-0.2, -0.15) is 0 Å². The Morgan fingerprint density at radius 1 is 1.07 bits per heavy atom. The van der Waals surface area contributed by atoms with Gasteiger partial charge in [0.05, 0.1) is 18.8 Å². The van der Waals surface area contributed by atoms with Gasteiger partial charge in [0.25, 0.3) is 0 Å². The maximum atomic E-state index is 6.10. The van der Waals surface area contributed by atoms with Crippen molar-refractivity contribution in [3.63, 3.8) is 0 Å². The van der Waals surface area contributed by atoms with Gasteiger partial charge in [0.2, 0.25) is 0 Å². The molecule has 1 N–H and O–H groups in total. The van der Waals surface area contributed by atoms with Gasteiger partial charge in [-0.25, -0.2) is 0 Å². The number of nitrogens with zero attached hydrogens (tertiary/aromatic N) is 2. The summed E-state index contributed by atoms with van der Waals surface area (Å²) in [6, 6.07) is 20.0. The summed E-state index contributed by atoms with van der Waals surface area (Å²) < 4.78 is 7.72. The number of ether oxygens (including phenoxy) is 1. The second-order valence-corrected chi connectivity index (χ2v) is 7.23. The topological polar surface area (TPSA) is 29.4 Å². The maximum absolute atomic E-state index is 6.10. The standard InChI is InChI=1S/C21H20ClN3OS/c1-26-19-7-3-2-5-17(19)23-21(27)25-14-13-24-12-4-6-18(24)20(25)15-8-10-16(22)11-9-15/h2-12,20H,13-14H2,1H3,(H,23,27)/t20-/m0/s1. The van der Waals surface area contributed by atoms with Gasteiger partial charge in [0.15, 0.2) is 5.11 Å². The van der Waals surface area contributed by atoms with E-state index in [4.69, 9.17) is 28.6 Å². The Labute approximate surface area is 169 Å². The van der Waals surface area contributed by atoms with Crippen molar-refractivity contribution in [3.05, 3.63) is 83.1 Å².